The number of fused-ring (bicyclic) bond motifs is 1. The lowest BCUT2D eigenvalue weighted by Gasteiger charge is -2.16. The summed E-state index contributed by atoms with van der Waals surface area (Å²) >= 11 is 0. The van der Waals surface area contributed by atoms with E-state index in [1.54, 1.807) is 0 Å². The van der Waals surface area contributed by atoms with Gasteiger partial charge >= 0.3 is 0 Å². The zero-order valence-electron chi connectivity index (χ0n) is 17.5. The number of aliphatic hydroxyl groups is 3. The predicted octanol–water partition coefficient (Wildman–Crippen LogP) is 1.84. The second-order valence-electron chi connectivity index (χ2n) is 7.69. The first-order valence-electron chi connectivity index (χ1n) is 10.5. The first-order valence-corrected chi connectivity index (χ1v) is 10.5. The highest BCUT2D eigenvalue weighted by atomic mass is 16.6. The Bertz CT molecular complexity index is 1220. The number of hydrogen-bond donors (Lipinski definition) is 4. The highest BCUT2D eigenvalue weighted by Crippen LogP contribution is 2.32. The van der Waals surface area contributed by atoms with E-state index in [1.165, 1.54) is 17.2 Å². The molecule has 170 valence electrons. The van der Waals surface area contributed by atoms with Crippen molar-refractivity contribution < 1.29 is 24.8 Å². The summed E-state index contributed by atoms with van der Waals surface area (Å²) in [6.07, 6.45) is -1.35. The minimum Gasteiger partial charge on any atom is -0.457 e. The van der Waals surface area contributed by atoms with E-state index in [4.69, 9.17) is 9.47 Å². The molecule has 2 aromatic carbocycles. The van der Waals surface area contributed by atoms with Crippen LogP contribution in [0, 0.1) is 0 Å². The van der Waals surface area contributed by atoms with E-state index in [2.05, 4.69) is 20.3 Å². The first-order chi connectivity index (χ1) is 16.1. The van der Waals surface area contributed by atoms with Crippen molar-refractivity contribution >= 4 is 17.0 Å². The average Bonchev–Trinajstić information content (AvgIpc) is 3.40. The van der Waals surface area contributed by atoms with Gasteiger partial charge in [-0.1, -0.05) is 30.3 Å². The maximum Gasteiger partial charge on any atom is 0.167 e. The highest BCUT2D eigenvalue weighted by molar-refractivity contribution is 5.82. The zero-order chi connectivity index (χ0) is 22.8. The molecule has 0 unspecified atom stereocenters. The Morgan fingerprint density at radius 1 is 0.939 bits per heavy atom. The molecule has 0 aliphatic carbocycles. The van der Waals surface area contributed by atoms with Crippen LogP contribution >= 0.6 is 0 Å². The third-order valence-electron chi connectivity index (χ3n) is 5.51. The number of imidazole rings is 1. The Kier molecular flexibility index (Phi) is 5.88. The zero-order valence-corrected chi connectivity index (χ0v) is 17.5. The quantitative estimate of drug-likeness (QED) is 0.333. The van der Waals surface area contributed by atoms with Gasteiger partial charge in [0.2, 0.25) is 0 Å². The van der Waals surface area contributed by atoms with E-state index < -0.39 is 31.1 Å². The molecule has 1 aliphatic heterocycles. The normalized spacial score (nSPS) is 22.5. The SMILES string of the molecule is OC[C@H]1O[C@@H](n2cnc3c(NCc4ccc(Oc5ccccc5)cc4)ncnc32)[C@H](O)[C@@H]1O. The van der Waals surface area contributed by atoms with E-state index in [0.717, 1.165) is 17.1 Å². The fraction of sp³-hybridized carbons (Fsp3) is 0.261. The molecule has 10 heteroatoms. The molecule has 0 bridgehead atoms. The van der Waals surface area contributed by atoms with Gasteiger partial charge in [0.25, 0.3) is 0 Å². The van der Waals surface area contributed by atoms with Crippen molar-refractivity contribution in [2.45, 2.75) is 31.1 Å². The fourth-order valence-corrected chi connectivity index (χ4v) is 3.76. The third kappa shape index (κ3) is 4.24. The lowest BCUT2D eigenvalue weighted by atomic mass is 10.1. The minimum absolute atomic E-state index is 0.404. The Morgan fingerprint density at radius 3 is 2.42 bits per heavy atom. The average molecular weight is 449 g/mol. The van der Waals surface area contributed by atoms with Crippen molar-refractivity contribution in [2.75, 3.05) is 11.9 Å². The molecule has 1 fully saturated rings. The molecule has 1 saturated heterocycles. The molecule has 1 aliphatic rings. The number of aromatic nitrogens is 4. The molecular weight excluding hydrogens is 426 g/mol. The molecule has 3 heterocycles. The summed E-state index contributed by atoms with van der Waals surface area (Å²) in [6, 6.07) is 17.3. The Hall–Kier alpha value is -3.57. The fourth-order valence-electron chi connectivity index (χ4n) is 3.76. The van der Waals surface area contributed by atoms with Crippen LogP contribution in [0.4, 0.5) is 5.82 Å². The number of rotatable bonds is 7. The van der Waals surface area contributed by atoms with Gasteiger partial charge in [0.05, 0.1) is 12.9 Å². The number of benzene rings is 2. The molecule has 0 amide bonds. The maximum absolute atomic E-state index is 10.3. The van der Waals surface area contributed by atoms with Crippen LogP contribution in [-0.2, 0) is 11.3 Å². The van der Waals surface area contributed by atoms with Crippen molar-refractivity contribution in [1.29, 1.82) is 0 Å². The summed E-state index contributed by atoms with van der Waals surface area (Å²) in [5, 5.41) is 33.0. The summed E-state index contributed by atoms with van der Waals surface area (Å²) in [5.41, 5.74) is 1.96. The summed E-state index contributed by atoms with van der Waals surface area (Å²) in [5.74, 6) is 2.04. The van der Waals surface area contributed by atoms with Crippen molar-refractivity contribution in [2.24, 2.45) is 0 Å². The van der Waals surface area contributed by atoms with Crippen LogP contribution in [0.5, 0.6) is 11.5 Å². The molecule has 0 radical (unpaired) electrons. The summed E-state index contributed by atoms with van der Waals surface area (Å²) < 4.78 is 12.9. The third-order valence-corrected chi connectivity index (χ3v) is 5.51. The van der Waals surface area contributed by atoms with Gasteiger partial charge in [-0.2, -0.15) is 0 Å². The molecule has 4 aromatic rings. The van der Waals surface area contributed by atoms with Crippen LogP contribution in [0.2, 0.25) is 0 Å². The van der Waals surface area contributed by atoms with Crippen LogP contribution in [0.3, 0.4) is 0 Å². The van der Waals surface area contributed by atoms with Gasteiger partial charge in [-0.05, 0) is 29.8 Å². The van der Waals surface area contributed by atoms with Gasteiger partial charge < -0.3 is 30.1 Å². The molecule has 10 nitrogen and oxygen atoms in total. The predicted molar refractivity (Wildman–Crippen MR) is 119 cm³/mol. The largest absolute Gasteiger partial charge is 0.457 e. The van der Waals surface area contributed by atoms with Crippen LogP contribution in [0.1, 0.15) is 11.8 Å². The van der Waals surface area contributed by atoms with Gasteiger partial charge in [-0.25, -0.2) is 15.0 Å². The van der Waals surface area contributed by atoms with Gasteiger partial charge in [0.1, 0.15) is 36.1 Å². The highest BCUT2D eigenvalue weighted by Gasteiger charge is 2.44. The van der Waals surface area contributed by atoms with Gasteiger partial charge in [0, 0.05) is 6.54 Å². The molecule has 4 N–H and O–H groups in total. The smallest absolute Gasteiger partial charge is 0.167 e. The van der Waals surface area contributed by atoms with E-state index in [0.29, 0.717) is 23.5 Å². The Morgan fingerprint density at radius 2 is 1.70 bits per heavy atom. The lowest BCUT2D eigenvalue weighted by Crippen LogP contribution is -2.33. The van der Waals surface area contributed by atoms with E-state index in [9.17, 15) is 15.3 Å². The number of anilines is 1. The van der Waals surface area contributed by atoms with Crippen molar-refractivity contribution in [1.82, 2.24) is 19.5 Å². The Balaban J connectivity index is 1.29. The number of nitrogens with one attached hydrogen (secondary N) is 1. The van der Waals surface area contributed by atoms with Gasteiger partial charge in [-0.3, -0.25) is 4.57 Å². The van der Waals surface area contributed by atoms with Crippen molar-refractivity contribution in [3.63, 3.8) is 0 Å². The second-order valence-corrected chi connectivity index (χ2v) is 7.69. The number of hydrogen-bond acceptors (Lipinski definition) is 9. The summed E-state index contributed by atoms with van der Waals surface area (Å²) in [4.78, 5) is 12.9. The van der Waals surface area contributed by atoms with Gasteiger partial charge in [-0.15, -0.1) is 0 Å². The van der Waals surface area contributed by atoms with Crippen LogP contribution in [0.25, 0.3) is 11.2 Å². The van der Waals surface area contributed by atoms with Gasteiger partial charge in [0.15, 0.2) is 23.2 Å². The Labute approximate surface area is 189 Å². The molecule has 5 rings (SSSR count). The van der Waals surface area contributed by atoms with Crippen molar-refractivity contribution in [3.05, 3.63) is 72.8 Å². The van der Waals surface area contributed by atoms with Crippen LogP contribution < -0.4 is 10.1 Å². The molecule has 33 heavy (non-hydrogen) atoms. The van der Waals surface area contributed by atoms with E-state index >= 15 is 0 Å². The topological polar surface area (TPSA) is 135 Å². The standard InChI is InChI=1S/C23H23N5O5/c29-11-17-19(30)20(31)23(33-17)28-13-27-18-21(25-12-26-22(18)28)24-10-14-6-8-16(9-7-14)32-15-4-2-1-3-5-15/h1-9,12-13,17,19-20,23,29-31H,10-11H2,(H,24,25,26)/t17-,19-,20-,23-/m1/s1. The number of nitrogens with zero attached hydrogens (tertiary/aromatic N) is 4. The lowest BCUT2D eigenvalue weighted by molar-refractivity contribution is -0.0511. The number of ether oxygens (including phenoxy) is 2. The van der Waals surface area contributed by atoms with Crippen molar-refractivity contribution in [3.8, 4) is 11.5 Å². The number of aliphatic hydroxyl groups excluding tert-OH is 3. The second kappa shape index (κ2) is 9.12. The molecule has 0 saturated carbocycles. The van der Waals surface area contributed by atoms with Crippen LogP contribution in [0.15, 0.2) is 67.3 Å². The molecule has 2 aromatic heterocycles. The van der Waals surface area contributed by atoms with E-state index in [1.807, 2.05) is 54.6 Å². The minimum atomic E-state index is -1.22. The maximum atomic E-state index is 10.3. The first kappa shape index (κ1) is 21.3. The molecule has 0 spiro atoms. The number of para-hydroxylation sites is 1. The monoisotopic (exact) mass is 449 g/mol. The van der Waals surface area contributed by atoms with E-state index in [-0.39, 0.29) is 0 Å². The van der Waals surface area contributed by atoms with Crippen LogP contribution in [-0.4, -0.2) is 59.8 Å². The molecule has 4 atom stereocenters. The molecular formula is C23H23N5O5. The summed E-state index contributed by atoms with van der Waals surface area (Å²) in [7, 11) is 0. The summed E-state index contributed by atoms with van der Waals surface area (Å²) in [6.45, 7) is 0.0940.